The highest BCUT2D eigenvalue weighted by Crippen LogP contribution is 2.09. The minimum Gasteiger partial charge on any atom is -0.344 e. The minimum atomic E-state index is 0. The summed E-state index contributed by atoms with van der Waals surface area (Å²) in [5.74, 6) is 0. The van der Waals surface area contributed by atoms with E-state index in [1.807, 2.05) is 0 Å². The standard InChI is InChI=1S/C13H29N.H3N/c1-4-5-6-7-8-9-10-11-12-13-14(2)3;/h4-13H2,1-3H3;1H3. The lowest BCUT2D eigenvalue weighted by molar-refractivity contribution is 0.389. The van der Waals surface area contributed by atoms with E-state index in [-0.39, 0.29) is 6.15 Å². The lowest BCUT2D eigenvalue weighted by atomic mass is 10.1. The summed E-state index contributed by atoms with van der Waals surface area (Å²) in [6.07, 6.45) is 12.9. The fourth-order valence-corrected chi connectivity index (χ4v) is 1.74. The van der Waals surface area contributed by atoms with E-state index in [1.54, 1.807) is 0 Å². The van der Waals surface area contributed by atoms with Gasteiger partial charge in [0.1, 0.15) is 0 Å². The van der Waals surface area contributed by atoms with E-state index in [1.165, 1.54) is 64.3 Å². The van der Waals surface area contributed by atoms with E-state index in [0.717, 1.165) is 0 Å². The van der Waals surface area contributed by atoms with Gasteiger partial charge in [0, 0.05) is 0 Å². The molecule has 2 nitrogen and oxygen atoms in total. The molecule has 2 heteroatoms. The molecule has 0 atom stereocenters. The largest absolute Gasteiger partial charge is 0.344 e. The lowest BCUT2D eigenvalue weighted by Crippen LogP contribution is -2.12. The van der Waals surface area contributed by atoms with Crippen LogP contribution in [0, 0.1) is 0 Å². The average molecular weight is 216 g/mol. The summed E-state index contributed by atoms with van der Waals surface area (Å²) in [7, 11) is 4.31. The van der Waals surface area contributed by atoms with Gasteiger partial charge in [0.2, 0.25) is 0 Å². The van der Waals surface area contributed by atoms with Crippen LogP contribution in [0.4, 0.5) is 0 Å². The van der Waals surface area contributed by atoms with Crippen LogP contribution in [0.3, 0.4) is 0 Å². The zero-order valence-corrected chi connectivity index (χ0v) is 11.2. The first-order valence-corrected chi connectivity index (χ1v) is 6.42. The third kappa shape index (κ3) is 16.6. The topological polar surface area (TPSA) is 38.2 Å². The van der Waals surface area contributed by atoms with Gasteiger partial charge in [-0.1, -0.05) is 58.3 Å². The maximum atomic E-state index is 2.28. The van der Waals surface area contributed by atoms with Gasteiger partial charge in [-0.2, -0.15) is 0 Å². The Morgan fingerprint density at radius 2 is 1.07 bits per heavy atom. The van der Waals surface area contributed by atoms with E-state index in [0.29, 0.717) is 0 Å². The quantitative estimate of drug-likeness (QED) is 0.555. The Morgan fingerprint density at radius 1 is 0.667 bits per heavy atom. The maximum absolute atomic E-state index is 2.28. The van der Waals surface area contributed by atoms with Gasteiger partial charge in [0.25, 0.3) is 0 Å². The van der Waals surface area contributed by atoms with E-state index >= 15 is 0 Å². The van der Waals surface area contributed by atoms with E-state index in [4.69, 9.17) is 0 Å². The number of hydrogen-bond donors (Lipinski definition) is 1. The molecule has 94 valence electrons. The molecule has 0 aromatic heterocycles. The van der Waals surface area contributed by atoms with Crippen LogP contribution in [0.25, 0.3) is 0 Å². The molecule has 0 spiro atoms. The average Bonchev–Trinajstić information content (AvgIpc) is 2.15. The van der Waals surface area contributed by atoms with Crippen molar-refractivity contribution in [2.75, 3.05) is 20.6 Å². The Kier molecular flexibility index (Phi) is 16.1. The van der Waals surface area contributed by atoms with Crippen molar-refractivity contribution in [1.29, 1.82) is 0 Å². The van der Waals surface area contributed by atoms with Crippen molar-refractivity contribution < 1.29 is 0 Å². The third-order valence-electron chi connectivity index (χ3n) is 2.71. The summed E-state index contributed by atoms with van der Waals surface area (Å²) in [5.41, 5.74) is 0. The molecular formula is C13H32N2. The molecule has 0 heterocycles. The number of rotatable bonds is 10. The molecule has 15 heavy (non-hydrogen) atoms. The Balaban J connectivity index is 0. The molecule has 0 saturated carbocycles. The van der Waals surface area contributed by atoms with Crippen LogP contribution in [0.2, 0.25) is 0 Å². The fourth-order valence-electron chi connectivity index (χ4n) is 1.74. The van der Waals surface area contributed by atoms with Crippen LogP contribution < -0.4 is 6.15 Å². The van der Waals surface area contributed by atoms with Crippen LogP contribution in [0.15, 0.2) is 0 Å². The number of unbranched alkanes of at least 4 members (excludes halogenated alkanes) is 8. The molecule has 0 saturated heterocycles. The smallest absolute Gasteiger partial charge is 0.00248 e. The molecule has 3 N–H and O–H groups in total. The van der Waals surface area contributed by atoms with E-state index in [9.17, 15) is 0 Å². The molecule has 0 radical (unpaired) electrons. The zero-order chi connectivity index (χ0) is 10.6. The van der Waals surface area contributed by atoms with E-state index in [2.05, 4.69) is 25.9 Å². The SMILES string of the molecule is CCCCCCCCCCCN(C)C.N. The fraction of sp³-hybridized carbons (Fsp3) is 1.00. The molecule has 0 bridgehead atoms. The van der Waals surface area contributed by atoms with Crippen molar-refractivity contribution >= 4 is 0 Å². The van der Waals surface area contributed by atoms with Gasteiger partial charge in [-0.25, -0.2) is 0 Å². The van der Waals surface area contributed by atoms with Crippen molar-refractivity contribution in [1.82, 2.24) is 11.1 Å². The predicted molar refractivity (Wildman–Crippen MR) is 70.8 cm³/mol. The third-order valence-corrected chi connectivity index (χ3v) is 2.71. The molecule has 0 aliphatic carbocycles. The Bertz CT molecular complexity index is 103. The van der Waals surface area contributed by atoms with Crippen LogP contribution in [-0.2, 0) is 0 Å². The summed E-state index contributed by atoms with van der Waals surface area (Å²) < 4.78 is 0. The second-order valence-corrected chi connectivity index (χ2v) is 4.63. The monoisotopic (exact) mass is 216 g/mol. The van der Waals surface area contributed by atoms with Gasteiger partial charge in [0.15, 0.2) is 0 Å². The molecule has 0 aromatic rings. The number of hydrogen-bond acceptors (Lipinski definition) is 2. The van der Waals surface area contributed by atoms with Crippen molar-refractivity contribution in [3.63, 3.8) is 0 Å². The summed E-state index contributed by atoms with van der Waals surface area (Å²) in [4.78, 5) is 2.28. The van der Waals surface area contributed by atoms with Crippen molar-refractivity contribution in [2.24, 2.45) is 0 Å². The Labute approximate surface area is 97.0 Å². The van der Waals surface area contributed by atoms with Crippen LogP contribution in [0.5, 0.6) is 0 Å². The van der Waals surface area contributed by atoms with Gasteiger partial charge in [-0.3, -0.25) is 0 Å². The van der Waals surface area contributed by atoms with Gasteiger partial charge in [-0.15, -0.1) is 0 Å². The summed E-state index contributed by atoms with van der Waals surface area (Å²) in [5, 5.41) is 0. The second-order valence-electron chi connectivity index (χ2n) is 4.63. The molecular weight excluding hydrogens is 184 g/mol. The van der Waals surface area contributed by atoms with Gasteiger partial charge < -0.3 is 11.1 Å². The van der Waals surface area contributed by atoms with Crippen LogP contribution in [0.1, 0.15) is 64.7 Å². The summed E-state index contributed by atoms with van der Waals surface area (Å²) in [6, 6.07) is 0. The molecule has 0 amide bonds. The molecule has 0 rings (SSSR count). The lowest BCUT2D eigenvalue weighted by Gasteiger charge is -2.08. The summed E-state index contributed by atoms with van der Waals surface area (Å²) >= 11 is 0. The molecule has 0 aliphatic rings. The van der Waals surface area contributed by atoms with Gasteiger partial charge in [-0.05, 0) is 27.1 Å². The predicted octanol–water partition coefficient (Wildman–Crippen LogP) is 4.24. The Hall–Kier alpha value is -0.0800. The minimum absolute atomic E-state index is 0. The molecule has 0 fully saturated rings. The first-order chi connectivity index (χ1) is 6.77. The maximum Gasteiger partial charge on any atom is -0.00248 e. The molecule has 0 aromatic carbocycles. The Morgan fingerprint density at radius 3 is 1.47 bits per heavy atom. The normalized spacial score (nSPS) is 10.4. The van der Waals surface area contributed by atoms with Crippen molar-refractivity contribution in [3.8, 4) is 0 Å². The van der Waals surface area contributed by atoms with Crippen LogP contribution in [-0.4, -0.2) is 25.5 Å². The number of nitrogens with zero attached hydrogens (tertiary/aromatic N) is 1. The highest BCUT2D eigenvalue weighted by Gasteiger charge is 1.92. The van der Waals surface area contributed by atoms with Gasteiger partial charge >= 0.3 is 0 Å². The highest BCUT2D eigenvalue weighted by atomic mass is 15.0. The molecule has 0 aliphatic heterocycles. The summed E-state index contributed by atoms with van der Waals surface area (Å²) in [6.45, 7) is 3.54. The zero-order valence-electron chi connectivity index (χ0n) is 11.2. The van der Waals surface area contributed by atoms with Crippen molar-refractivity contribution in [3.05, 3.63) is 0 Å². The highest BCUT2D eigenvalue weighted by molar-refractivity contribution is 4.48. The molecule has 0 unspecified atom stereocenters. The van der Waals surface area contributed by atoms with Crippen LogP contribution >= 0.6 is 0 Å². The van der Waals surface area contributed by atoms with Crippen molar-refractivity contribution in [2.45, 2.75) is 64.7 Å². The first kappa shape index (κ1) is 17.3. The second kappa shape index (κ2) is 13.9. The van der Waals surface area contributed by atoms with Gasteiger partial charge in [0.05, 0.1) is 0 Å². The van der Waals surface area contributed by atoms with E-state index < -0.39 is 0 Å². The first-order valence-electron chi connectivity index (χ1n) is 6.42.